The summed E-state index contributed by atoms with van der Waals surface area (Å²) < 4.78 is 22.9. The molecule has 54 valence electrons. The predicted molar refractivity (Wildman–Crippen MR) is 27.4 cm³/mol. The van der Waals surface area contributed by atoms with Gasteiger partial charge in [0.1, 0.15) is 0 Å². The van der Waals surface area contributed by atoms with Crippen LogP contribution in [0.3, 0.4) is 0 Å². The summed E-state index contributed by atoms with van der Waals surface area (Å²) in [5, 5.41) is 15.0. The summed E-state index contributed by atoms with van der Waals surface area (Å²) in [5.74, 6) is -9.98. The van der Waals surface area contributed by atoms with Crippen LogP contribution in [0.2, 0.25) is 0 Å². The molecule has 10 heavy (non-hydrogen) atoms. The minimum absolute atomic E-state index is 0. The van der Waals surface area contributed by atoms with Gasteiger partial charge in [-0.05, 0) is 0 Å². The van der Waals surface area contributed by atoms with E-state index in [2.05, 4.69) is 0 Å². The second-order valence-corrected chi connectivity index (χ2v) is 1.18. The molecule has 0 aliphatic carbocycles. The molecule has 0 radical (unpaired) electrons. The molecule has 2 N–H and O–H groups in total. The van der Waals surface area contributed by atoms with Gasteiger partial charge in [-0.1, -0.05) is 0 Å². The number of halogens is 2. The molecule has 0 rings (SSSR count). The Bertz CT molecular complexity index is 141. The van der Waals surface area contributed by atoms with Crippen LogP contribution >= 0.6 is 0 Å². The Hall–Kier alpha value is -0.603. The predicted octanol–water partition coefficient (Wildman–Crippen LogP) is -0.858. The summed E-state index contributed by atoms with van der Waals surface area (Å²) in [7, 11) is 0. The third-order valence-electron chi connectivity index (χ3n) is 0.537. The van der Waals surface area contributed by atoms with E-state index in [4.69, 9.17) is 10.2 Å². The first-order valence-electron chi connectivity index (χ1n) is 1.73. The van der Waals surface area contributed by atoms with Crippen molar-refractivity contribution in [1.82, 2.24) is 0 Å². The second kappa shape index (κ2) is 3.54. The van der Waals surface area contributed by atoms with E-state index in [9.17, 15) is 18.4 Å². The molecule has 7 heteroatoms. The van der Waals surface area contributed by atoms with E-state index in [-0.39, 0.29) is 18.9 Å². The van der Waals surface area contributed by atoms with E-state index in [1.165, 1.54) is 0 Å². The van der Waals surface area contributed by atoms with Gasteiger partial charge in [-0.3, -0.25) is 0 Å². The zero-order valence-electron chi connectivity index (χ0n) is 3.97. The van der Waals surface area contributed by atoms with Crippen LogP contribution in [0.15, 0.2) is 0 Å². The monoisotopic (exact) mass is 148 g/mol. The van der Waals surface area contributed by atoms with E-state index in [1.807, 2.05) is 0 Å². The van der Waals surface area contributed by atoms with Gasteiger partial charge in [0.05, 0.1) is 0 Å². The molecule has 0 aromatic heterocycles. The average Bonchev–Trinajstić information content (AvgIpc) is 1.65. The van der Waals surface area contributed by atoms with Gasteiger partial charge >= 0.3 is 36.7 Å². The fourth-order valence-electron chi connectivity index (χ4n) is 0.0915. The summed E-state index contributed by atoms with van der Waals surface area (Å²) in [6, 6.07) is 0. The number of alkyl halides is 2. The first kappa shape index (κ1) is 12.1. The topological polar surface area (TPSA) is 74.6 Å². The van der Waals surface area contributed by atoms with E-state index in [1.54, 1.807) is 0 Å². The SMILES string of the molecule is O=C(O)C(F)(F)C(=O)O.[LiH]. The van der Waals surface area contributed by atoms with E-state index >= 15 is 0 Å². The Morgan fingerprint density at radius 3 is 1.30 bits per heavy atom. The maximum absolute atomic E-state index is 11.5. The molecule has 0 aromatic rings. The van der Waals surface area contributed by atoms with Gasteiger partial charge in [-0.2, -0.15) is 8.78 Å². The van der Waals surface area contributed by atoms with Crippen LogP contribution in [-0.2, 0) is 9.59 Å². The van der Waals surface area contributed by atoms with Crippen molar-refractivity contribution in [3.8, 4) is 0 Å². The van der Waals surface area contributed by atoms with Crippen molar-refractivity contribution >= 4 is 30.8 Å². The van der Waals surface area contributed by atoms with Crippen LogP contribution in [0.4, 0.5) is 8.78 Å². The first-order chi connectivity index (χ1) is 3.89. The molecule has 0 aliphatic heterocycles. The van der Waals surface area contributed by atoms with Crippen LogP contribution in [0.5, 0.6) is 0 Å². The van der Waals surface area contributed by atoms with Crippen molar-refractivity contribution in [3.05, 3.63) is 0 Å². The molecule has 0 aliphatic rings. The zero-order chi connectivity index (χ0) is 7.65. The Labute approximate surface area is 66.0 Å². The standard InChI is InChI=1S/C3H2F2O4.Li.H/c4-3(5,1(6)7)2(8)9;;/h(H,6,7)(H,8,9);;. The molecule has 0 saturated heterocycles. The average molecular weight is 148 g/mol. The molecule has 0 spiro atoms. The van der Waals surface area contributed by atoms with E-state index in [0.717, 1.165) is 0 Å². The third-order valence-corrected chi connectivity index (χ3v) is 0.537. The molecule has 0 saturated carbocycles. The van der Waals surface area contributed by atoms with Gasteiger partial charge in [0, 0.05) is 0 Å². The van der Waals surface area contributed by atoms with Crippen LogP contribution < -0.4 is 0 Å². The van der Waals surface area contributed by atoms with Gasteiger partial charge in [-0.15, -0.1) is 0 Å². The molecule has 0 bridgehead atoms. The summed E-state index contributed by atoms with van der Waals surface area (Å²) in [6.45, 7) is 0. The Kier molecular flexibility index (Phi) is 4.28. The molecular weight excluding hydrogens is 145 g/mol. The van der Waals surface area contributed by atoms with Crippen LogP contribution in [0.25, 0.3) is 0 Å². The van der Waals surface area contributed by atoms with Crippen LogP contribution in [-0.4, -0.2) is 46.9 Å². The van der Waals surface area contributed by atoms with E-state index in [0.29, 0.717) is 0 Å². The quantitative estimate of drug-likeness (QED) is 0.394. The van der Waals surface area contributed by atoms with Crippen LogP contribution in [0.1, 0.15) is 0 Å². The Balaban J connectivity index is 0. The summed E-state index contributed by atoms with van der Waals surface area (Å²) in [5.41, 5.74) is 0. The Morgan fingerprint density at radius 2 is 1.30 bits per heavy atom. The van der Waals surface area contributed by atoms with Gasteiger partial charge in [0.25, 0.3) is 0 Å². The number of hydrogen-bond donors (Lipinski definition) is 2. The third kappa shape index (κ3) is 2.33. The molecule has 0 atom stereocenters. The number of aliphatic carboxylic acids is 2. The van der Waals surface area contributed by atoms with Crippen molar-refractivity contribution in [3.63, 3.8) is 0 Å². The molecular formula is C3H3F2LiO4. The fraction of sp³-hybridized carbons (Fsp3) is 0.333. The van der Waals surface area contributed by atoms with Gasteiger partial charge in [-0.25, -0.2) is 9.59 Å². The summed E-state index contributed by atoms with van der Waals surface area (Å²) >= 11 is 0. The van der Waals surface area contributed by atoms with Gasteiger partial charge < -0.3 is 10.2 Å². The minimum atomic E-state index is -4.67. The molecule has 0 aromatic carbocycles. The van der Waals surface area contributed by atoms with Crippen molar-refractivity contribution in [2.24, 2.45) is 0 Å². The fourth-order valence-corrected chi connectivity index (χ4v) is 0.0915. The molecule has 0 heterocycles. The van der Waals surface area contributed by atoms with Crippen molar-refractivity contribution in [1.29, 1.82) is 0 Å². The number of rotatable bonds is 2. The Morgan fingerprint density at radius 1 is 1.10 bits per heavy atom. The number of carbonyl (C=O) groups is 2. The van der Waals surface area contributed by atoms with Crippen molar-refractivity contribution < 1.29 is 28.6 Å². The summed E-state index contributed by atoms with van der Waals surface area (Å²) in [4.78, 5) is 18.7. The molecule has 4 nitrogen and oxygen atoms in total. The number of carboxylic acids is 2. The van der Waals surface area contributed by atoms with Gasteiger partial charge in [0.15, 0.2) is 0 Å². The molecule has 0 unspecified atom stereocenters. The second-order valence-electron chi connectivity index (χ2n) is 1.18. The summed E-state index contributed by atoms with van der Waals surface area (Å²) in [6.07, 6.45) is 0. The van der Waals surface area contributed by atoms with E-state index < -0.39 is 17.9 Å². The normalized spacial score (nSPS) is 9.80. The number of hydrogen-bond acceptors (Lipinski definition) is 2. The molecule has 0 fully saturated rings. The zero-order valence-corrected chi connectivity index (χ0v) is 3.97. The van der Waals surface area contributed by atoms with Gasteiger partial charge in [0.2, 0.25) is 0 Å². The first-order valence-corrected chi connectivity index (χ1v) is 1.73. The maximum atomic E-state index is 11.5. The molecule has 0 amide bonds. The number of carboxylic acid groups (broad SMARTS) is 2. The van der Waals surface area contributed by atoms with Crippen molar-refractivity contribution in [2.75, 3.05) is 0 Å². The van der Waals surface area contributed by atoms with Crippen LogP contribution in [0, 0.1) is 0 Å². The van der Waals surface area contributed by atoms with Crippen molar-refractivity contribution in [2.45, 2.75) is 5.92 Å².